The summed E-state index contributed by atoms with van der Waals surface area (Å²) in [6.07, 6.45) is -4.62. The van der Waals surface area contributed by atoms with E-state index in [-0.39, 0.29) is 6.42 Å². The maximum atomic E-state index is 12.6. The van der Waals surface area contributed by atoms with Gasteiger partial charge in [0.1, 0.15) is 0 Å². The Balaban J connectivity index is 3.80. The molecule has 0 heterocycles. The van der Waals surface area contributed by atoms with Crippen LogP contribution in [0.2, 0.25) is 0 Å². The molecule has 0 rings (SSSR count). The van der Waals surface area contributed by atoms with Crippen molar-refractivity contribution >= 4 is 11.8 Å². The molecule has 0 aliphatic rings. The lowest BCUT2D eigenvalue weighted by Gasteiger charge is -2.20. The predicted molar refractivity (Wildman–Crippen MR) is 66.2 cm³/mol. The first-order valence-electron chi connectivity index (χ1n) is 6.16. The van der Waals surface area contributed by atoms with E-state index >= 15 is 0 Å². The summed E-state index contributed by atoms with van der Waals surface area (Å²) in [4.78, 5) is 0. The first-order chi connectivity index (χ1) is 8.10. The molecule has 0 saturated carbocycles. The van der Waals surface area contributed by atoms with E-state index in [4.69, 9.17) is 0 Å². The van der Waals surface area contributed by atoms with Crippen LogP contribution in [0.5, 0.6) is 0 Å². The van der Waals surface area contributed by atoms with Crippen molar-refractivity contribution < 1.29 is 22.0 Å². The molecule has 0 aliphatic carbocycles. The number of hydrogen-bond acceptors (Lipinski definition) is 1. The Morgan fingerprint density at radius 3 is 2.06 bits per heavy atom. The summed E-state index contributed by atoms with van der Waals surface area (Å²) >= 11 is 1.47. The zero-order valence-corrected chi connectivity index (χ0v) is 11.8. The van der Waals surface area contributed by atoms with Crippen LogP contribution in [0.25, 0.3) is 0 Å². The van der Waals surface area contributed by atoms with Crippen molar-refractivity contribution in [1.82, 2.24) is 0 Å². The molecule has 0 amide bonds. The zero-order chi connectivity index (χ0) is 14.4. The van der Waals surface area contributed by atoms with Crippen LogP contribution in [0.3, 0.4) is 0 Å². The highest BCUT2D eigenvalue weighted by molar-refractivity contribution is 7.99. The lowest BCUT2D eigenvalue weighted by Crippen LogP contribution is -2.36. The molecule has 0 fully saturated rings. The van der Waals surface area contributed by atoms with Crippen LogP contribution in [-0.2, 0) is 0 Å². The Morgan fingerprint density at radius 1 is 1.06 bits per heavy atom. The smallest absolute Gasteiger partial charge is 0.196 e. The Morgan fingerprint density at radius 2 is 1.61 bits per heavy atom. The van der Waals surface area contributed by atoms with Gasteiger partial charge in [0.2, 0.25) is 0 Å². The second kappa shape index (κ2) is 7.56. The van der Waals surface area contributed by atoms with Gasteiger partial charge in [-0.05, 0) is 24.5 Å². The van der Waals surface area contributed by atoms with Gasteiger partial charge in [0, 0.05) is 11.7 Å². The highest BCUT2D eigenvalue weighted by Crippen LogP contribution is 2.39. The largest absolute Gasteiger partial charge is 0.453 e. The summed E-state index contributed by atoms with van der Waals surface area (Å²) in [5.74, 6) is -3.64. The summed E-state index contributed by atoms with van der Waals surface area (Å²) in [5.41, 5.74) is 0. The quantitative estimate of drug-likeness (QED) is 0.419. The van der Waals surface area contributed by atoms with E-state index in [1.54, 1.807) is 0 Å². The molecule has 0 aromatic rings. The van der Waals surface area contributed by atoms with E-state index in [9.17, 15) is 22.0 Å². The molecular formula is C12H21F5S. The van der Waals surface area contributed by atoms with E-state index in [1.807, 2.05) is 6.92 Å². The van der Waals surface area contributed by atoms with Crippen LogP contribution in [0.1, 0.15) is 46.5 Å². The third-order valence-electron chi connectivity index (χ3n) is 2.88. The van der Waals surface area contributed by atoms with E-state index in [0.717, 1.165) is 12.8 Å². The van der Waals surface area contributed by atoms with Gasteiger partial charge in [-0.3, -0.25) is 0 Å². The minimum Gasteiger partial charge on any atom is -0.196 e. The van der Waals surface area contributed by atoms with Crippen molar-refractivity contribution in [2.75, 3.05) is 5.75 Å². The van der Waals surface area contributed by atoms with Crippen molar-refractivity contribution in [2.24, 2.45) is 5.92 Å². The van der Waals surface area contributed by atoms with Crippen LogP contribution in [0.15, 0.2) is 0 Å². The molecule has 0 aliphatic heterocycles. The summed E-state index contributed by atoms with van der Waals surface area (Å²) in [7, 11) is 0. The molecular weight excluding hydrogens is 271 g/mol. The van der Waals surface area contributed by atoms with Gasteiger partial charge in [0.05, 0.1) is 0 Å². The van der Waals surface area contributed by atoms with Crippen molar-refractivity contribution in [3.05, 3.63) is 0 Å². The van der Waals surface area contributed by atoms with Crippen LogP contribution < -0.4 is 0 Å². The van der Waals surface area contributed by atoms with Gasteiger partial charge >= 0.3 is 12.1 Å². The number of alkyl halides is 5. The van der Waals surface area contributed by atoms with Crippen molar-refractivity contribution in [2.45, 2.75) is 63.8 Å². The third kappa shape index (κ3) is 6.81. The molecule has 110 valence electrons. The standard InChI is InChI=1S/C12H21F5S/c1-4-9(2)8-10(3)18-7-5-6-11(13,14)12(15,16)17/h9-10H,4-8H2,1-3H3. The molecule has 0 aromatic carbocycles. The monoisotopic (exact) mass is 292 g/mol. The first kappa shape index (κ1) is 18.0. The maximum absolute atomic E-state index is 12.6. The van der Waals surface area contributed by atoms with Gasteiger partial charge in [0.15, 0.2) is 0 Å². The van der Waals surface area contributed by atoms with Gasteiger partial charge in [-0.2, -0.15) is 33.7 Å². The highest BCUT2D eigenvalue weighted by Gasteiger charge is 2.56. The fourth-order valence-electron chi connectivity index (χ4n) is 1.52. The molecule has 0 saturated heterocycles. The van der Waals surface area contributed by atoms with Gasteiger partial charge < -0.3 is 0 Å². The number of hydrogen-bond donors (Lipinski definition) is 0. The zero-order valence-electron chi connectivity index (χ0n) is 11.0. The first-order valence-corrected chi connectivity index (χ1v) is 7.21. The Labute approximate surface area is 110 Å². The molecule has 18 heavy (non-hydrogen) atoms. The second-order valence-corrected chi connectivity index (χ2v) is 6.28. The molecule has 2 unspecified atom stereocenters. The third-order valence-corrected chi connectivity index (χ3v) is 4.17. The van der Waals surface area contributed by atoms with E-state index < -0.39 is 18.5 Å². The van der Waals surface area contributed by atoms with Gasteiger partial charge in [-0.1, -0.05) is 27.2 Å². The average Bonchev–Trinajstić information content (AvgIpc) is 2.22. The normalized spacial score (nSPS) is 16.7. The molecule has 0 spiro atoms. The van der Waals surface area contributed by atoms with Crippen molar-refractivity contribution in [1.29, 1.82) is 0 Å². The fourth-order valence-corrected chi connectivity index (χ4v) is 2.70. The lowest BCUT2D eigenvalue weighted by atomic mass is 10.0. The SMILES string of the molecule is CCC(C)CC(C)SCCCC(F)(F)C(F)(F)F. The lowest BCUT2D eigenvalue weighted by molar-refractivity contribution is -0.284. The molecule has 0 bridgehead atoms. The fraction of sp³-hybridized carbons (Fsp3) is 1.00. The van der Waals surface area contributed by atoms with E-state index in [2.05, 4.69) is 13.8 Å². The molecule has 0 aromatic heterocycles. The Hall–Kier alpha value is -0.0000000000000000555. The molecule has 0 N–H and O–H groups in total. The van der Waals surface area contributed by atoms with Gasteiger partial charge in [0.25, 0.3) is 0 Å². The summed E-state index contributed by atoms with van der Waals surface area (Å²) in [5, 5.41) is 0.305. The summed E-state index contributed by atoms with van der Waals surface area (Å²) in [6.45, 7) is 6.17. The Kier molecular flexibility index (Phi) is 7.56. The molecule has 2 atom stereocenters. The van der Waals surface area contributed by atoms with Gasteiger partial charge in [-0.15, -0.1) is 0 Å². The predicted octanol–water partition coefficient (Wildman–Crippen LogP) is 5.52. The van der Waals surface area contributed by atoms with Crippen LogP contribution in [-0.4, -0.2) is 23.1 Å². The molecule has 6 heteroatoms. The van der Waals surface area contributed by atoms with Crippen LogP contribution in [0.4, 0.5) is 22.0 Å². The van der Waals surface area contributed by atoms with Crippen molar-refractivity contribution in [3.8, 4) is 0 Å². The maximum Gasteiger partial charge on any atom is 0.453 e. The molecule has 0 nitrogen and oxygen atoms in total. The summed E-state index contributed by atoms with van der Waals surface area (Å²) in [6, 6.07) is 0. The minimum atomic E-state index is -5.42. The Bertz CT molecular complexity index is 227. The van der Waals surface area contributed by atoms with Crippen LogP contribution >= 0.6 is 11.8 Å². The number of thioether (sulfide) groups is 1. The van der Waals surface area contributed by atoms with E-state index in [1.165, 1.54) is 11.8 Å². The van der Waals surface area contributed by atoms with Gasteiger partial charge in [-0.25, -0.2) is 0 Å². The summed E-state index contributed by atoms with van der Waals surface area (Å²) < 4.78 is 60.8. The molecule has 0 radical (unpaired) electrons. The van der Waals surface area contributed by atoms with E-state index in [0.29, 0.717) is 16.9 Å². The average molecular weight is 292 g/mol. The topological polar surface area (TPSA) is 0 Å². The van der Waals surface area contributed by atoms with Crippen LogP contribution in [0, 0.1) is 5.92 Å². The van der Waals surface area contributed by atoms with Crippen molar-refractivity contribution in [3.63, 3.8) is 0 Å². The minimum absolute atomic E-state index is 0.109. The number of rotatable bonds is 8. The second-order valence-electron chi connectivity index (χ2n) is 4.74. The highest BCUT2D eigenvalue weighted by atomic mass is 32.2. The number of halogens is 5.